The number of amides is 1. The molecule has 1 amide bonds. The van der Waals surface area contributed by atoms with Crippen LogP contribution in [0.2, 0.25) is 0 Å². The summed E-state index contributed by atoms with van der Waals surface area (Å²) >= 11 is 0. The van der Waals surface area contributed by atoms with Gasteiger partial charge in [-0.15, -0.1) is 0 Å². The number of carbonyl (C=O) groups is 1. The van der Waals surface area contributed by atoms with Crippen LogP contribution in [0.15, 0.2) is 42.6 Å². The first kappa shape index (κ1) is 15.8. The second kappa shape index (κ2) is 7.99. The van der Waals surface area contributed by atoms with Crippen molar-refractivity contribution in [3.05, 3.63) is 48.3 Å². The van der Waals surface area contributed by atoms with Crippen LogP contribution >= 0.6 is 0 Å². The third kappa shape index (κ3) is 4.46. The van der Waals surface area contributed by atoms with Gasteiger partial charge in [0.05, 0.1) is 13.7 Å². The maximum absolute atomic E-state index is 11.9. The second-order valence-electron chi connectivity index (χ2n) is 4.54. The number of benzene rings is 1. The molecule has 0 aliphatic carbocycles. The molecule has 116 valence electrons. The van der Waals surface area contributed by atoms with Crippen LogP contribution in [0.25, 0.3) is 0 Å². The molecule has 0 saturated carbocycles. The number of nitrogens with zero attached hydrogens (tertiary/aromatic N) is 1. The van der Waals surface area contributed by atoms with Gasteiger partial charge in [-0.1, -0.05) is 6.07 Å². The number of methoxy groups -OCH3 is 2. The number of aromatic nitrogens is 1. The first-order valence-electron chi connectivity index (χ1n) is 6.87. The van der Waals surface area contributed by atoms with Crippen LogP contribution in [0.4, 0.5) is 11.4 Å². The number of pyridine rings is 1. The Labute approximate surface area is 129 Å². The molecule has 2 aromatic rings. The molecule has 2 N–H and O–H groups in total. The molecule has 0 bridgehead atoms. The lowest BCUT2D eigenvalue weighted by Gasteiger charge is -2.09. The van der Waals surface area contributed by atoms with Crippen LogP contribution in [0, 0.1) is 0 Å². The molecule has 0 fully saturated rings. The molecule has 1 aromatic carbocycles. The van der Waals surface area contributed by atoms with Crippen LogP contribution in [0.1, 0.15) is 10.5 Å². The minimum atomic E-state index is -0.230. The van der Waals surface area contributed by atoms with E-state index in [1.807, 2.05) is 24.3 Å². The van der Waals surface area contributed by atoms with Crippen LogP contribution in [0.3, 0.4) is 0 Å². The number of nitrogens with one attached hydrogen (secondary N) is 2. The maximum Gasteiger partial charge on any atom is 0.270 e. The summed E-state index contributed by atoms with van der Waals surface area (Å²) in [5.74, 6) is 0.530. The highest BCUT2D eigenvalue weighted by Crippen LogP contribution is 2.21. The Hall–Kier alpha value is -2.60. The van der Waals surface area contributed by atoms with E-state index in [2.05, 4.69) is 15.6 Å². The third-order valence-electron chi connectivity index (χ3n) is 2.94. The van der Waals surface area contributed by atoms with Gasteiger partial charge in [0.15, 0.2) is 0 Å². The molecule has 0 radical (unpaired) electrons. The van der Waals surface area contributed by atoms with Crippen LogP contribution in [-0.4, -0.2) is 38.3 Å². The molecule has 1 heterocycles. The van der Waals surface area contributed by atoms with Crippen molar-refractivity contribution >= 4 is 17.3 Å². The molecule has 0 saturated heterocycles. The summed E-state index contributed by atoms with van der Waals surface area (Å²) in [5, 5.41) is 5.95. The Morgan fingerprint density at radius 2 is 2.00 bits per heavy atom. The average molecular weight is 301 g/mol. The van der Waals surface area contributed by atoms with Crippen molar-refractivity contribution in [3.8, 4) is 5.75 Å². The van der Waals surface area contributed by atoms with Crippen molar-refractivity contribution in [2.75, 3.05) is 32.7 Å². The maximum atomic E-state index is 11.9. The van der Waals surface area contributed by atoms with Gasteiger partial charge < -0.3 is 20.1 Å². The quantitative estimate of drug-likeness (QED) is 0.767. The Morgan fingerprint density at radius 1 is 1.18 bits per heavy atom. The largest absolute Gasteiger partial charge is 0.497 e. The van der Waals surface area contributed by atoms with Crippen molar-refractivity contribution in [3.63, 3.8) is 0 Å². The summed E-state index contributed by atoms with van der Waals surface area (Å²) in [7, 11) is 3.21. The number of anilines is 2. The van der Waals surface area contributed by atoms with E-state index in [4.69, 9.17) is 9.47 Å². The van der Waals surface area contributed by atoms with Gasteiger partial charge in [0.2, 0.25) is 0 Å². The van der Waals surface area contributed by atoms with Gasteiger partial charge in [-0.05, 0) is 24.3 Å². The summed E-state index contributed by atoms with van der Waals surface area (Å²) in [6.45, 7) is 0.915. The van der Waals surface area contributed by atoms with Gasteiger partial charge in [-0.2, -0.15) is 0 Å². The molecule has 2 rings (SSSR count). The smallest absolute Gasteiger partial charge is 0.270 e. The SMILES string of the molecule is COCCNC(=O)c1cc(Nc2cccc(OC)c2)ccn1. The highest BCUT2D eigenvalue weighted by Gasteiger charge is 2.07. The summed E-state index contributed by atoms with van der Waals surface area (Å²) in [4.78, 5) is 16.0. The molecule has 6 nitrogen and oxygen atoms in total. The molecular formula is C16H19N3O3. The zero-order valence-corrected chi connectivity index (χ0v) is 12.6. The zero-order valence-electron chi connectivity index (χ0n) is 12.6. The number of rotatable bonds is 7. The van der Waals surface area contributed by atoms with E-state index < -0.39 is 0 Å². The predicted octanol–water partition coefficient (Wildman–Crippen LogP) is 2.21. The van der Waals surface area contributed by atoms with Gasteiger partial charge in [-0.25, -0.2) is 0 Å². The Balaban J connectivity index is 2.06. The van der Waals surface area contributed by atoms with E-state index in [1.54, 1.807) is 32.5 Å². The molecule has 0 aliphatic rings. The Bertz CT molecular complexity index is 632. The minimum Gasteiger partial charge on any atom is -0.497 e. The van der Waals surface area contributed by atoms with Gasteiger partial charge >= 0.3 is 0 Å². The highest BCUT2D eigenvalue weighted by molar-refractivity contribution is 5.93. The average Bonchev–Trinajstić information content (AvgIpc) is 2.55. The van der Waals surface area contributed by atoms with Gasteiger partial charge in [-0.3, -0.25) is 9.78 Å². The molecule has 1 aromatic heterocycles. The second-order valence-corrected chi connectivity index (χ2v) is 4.54. The van der Waals surface area contributed by atoms with Gasteiger partial charge in [0.1, 0.15) is 11.4 Å². The van der Waals surface area contributed by atoms with Crippen molar-refractivity contribution in [1.82, 2.24) is 10.3 Å². The van der Waals surface area contributed by atoms with E-state index in [0.29, 0.717) is 18.8 Å². The monoisotopic (exact) mass is 301 g/mol. The number of hydrogen-bond donors (Lipinski definition) is 2. The molecule has 0 atom stereocenters. The molecule has 0 unspecified atom stereocenters. The number of ether oxygens (including phenoxy) is 2. The lowest BCUT2D eigenvalue weighted by Crippen LogP contribution is -2.27. The summed E-state index contributed by atoms with van der Waals surface area (Å²) < 4.78 is 10.1. The van der Waals surface area contributed by atoms with Crippen LogP contribution < -0.4 is 15.4 Å². The van der Waals surface area contributed by atoms with Crippen molar-refractivity contribution in [2.45, 2.75) is 0 Å². The zero-order chi connectivity index (χ0) is 15.8. The Morgan fingerprint density at radius 3 is 2.77 bits per heavy atom. The number of hydrogen-bond acceptors (Lipinski definition) is 5. The van der Waals surface area contributed by atoms with Crippen molar-refractivity contribution in [2.24, 2.45) is 0 Å². The highest BCUT2D eigenvalue weighted by atomic mass is 16.5. The molecular weight excluding hydrogens is 282 g/mol. The Kier molecular flexibility index (Phi) is 5.73. The lowest BCUT2D eigenvalue weighted by molar-refractivity contribution is 0.0932. The topological polar surface area (TPSA) is 72.5 Å². The van der Waals surface area contributed by atoms with E-state index in [1.165, 1.54) is 0 Å². The molecule has 0 aliphatic heterocycles. The van der Waals surface area contributed by atoms with E-state index in [-0.39, 0.29) is 5.91 Å². The van der Waals surface area contributed by atoms with E-state index in [0.717, 1.165) is 17.1 Å². The molecule has 0 spiro atoms. The molecule has 22 heavy (non-hydrogen) atoms. The standard InChI is InChI=1S/C16H19N3O3/c1-21-9-8-18-16(20)15-11-13(6-7-17-15)19-12-4-3-5-14(10-12)22-2/h3-7,10-11H,8-9H2,1-2H3,(H,17,19)(H,18,20). The fourth-order valence-corrected chi connectivity index (χ4v) is 1.86. The van der Waals surface area contributed by atoms with Crippen molar-refractivity contribution < 1.29 is 14.3 Å². The summed E-state index contributed by atoms with van der Waals surface area (Å²) in [6, 6.07) is 11.0. The first-order valence-corrected chi connectivity index (χ1v) is 6.87. The fourth-order valence-electron chi connectivity index (χ4n) is 1.86. The summed E-state index contributed by atoms with van der Waals surface area (Å²) in [6.07, 6.45) is 1.59. The van der Waals surface area contributed by atoms with Crippen LogP contribution in [-0.2, 0) is 4.74 Å². The van der Waals surface area contributed by atoms with Crippen LogP contribution in [0.5, 0.6) is 5.75 Å². The first-order chi connectivity index (χ1) is 10.7. The van der Waals surface area contributed by atoms with Gasteiger partial charge in [0.25, 0.3) is 5.91 Å². The third-order valence-corrected chi connectivity index (χ3v) is 2.94. The lowest BCUT2D eigenvalue weighted by atomic mass is 10.2. The van der Waals surface area contributed by atoms with E-state index >= 15 is 0 Å². The summed E-state index contributed by atoms with van der Waals surface area (Å²) in [5.41, 5.74) is 2.00. The predicted molar refractivity (Wildman–Crippen MR) is 84.7 cm³/mol. The number of carbonyl (C=O) groups excluding carboxylic acids is 1. The minimum absolute atomic E-state index is 0.230. The normalized spacial score (nSPS) is 10.1. The van der Waals surface area contributed by atoms with Crippen molar-refractivity contribution in [1.29, 1.82) is 0 Å². The fraction of sp³-hybridized carbons (Fsp3) is 0.250. The van der Waals surface area contributed by atoms with Gasteiger partial charge in [0, 0.05) is 37.3 Å². The van der Waals surface area contributed by atoms with E-state index in [9.17, 15) is 4.79 Å². The molecule has 6 heteroatoms.